The van der Waals surface area contributed by atoms with Gasteiger partial charge in [-0.1, -0.05) is 0 Å². The monoisotopic (exact) mass is 154 g/mol. The van der Waals surface area contributed by atoms with Crippen LogP contribution in [0.15, 0.2) is 12.1 Å². The summed E-state index contributed by atoms with van der Waals surface area (Å²) in [5.41, 5.74) is 5.14. The fourth-order valence-electron chi connectivity index (χ4n) is 0.572. The van der Waals surface area contributed by atoms with Gasteiger partial charge in [0.15, 0.2) is 0 Å². The Morgan fingerprint density at radius 2 is 2.40 bits per heavy atom. The van der Waals surface area contributed by atoms with E-state index >= 15 is 0 Å². The Bertz CT molecular complexity index is 261. The predicted molar refractivity (Wildman–Crippen MR) is 38.2 cm³/mol. The van der Waals surface area contributed by atoms with Crippen LogP contribution in [0.1, 0.15) is 16.0 Å². The lowest BCUT2D eigenvalue weighted by molar-refractivity contribution is 0.190. The molecule has 1 heterocycles. The first kappa shape index (κ1) is 7.22. The Kier molecular flexibility index (Phi) is 2.02. The number of thiophene rings is 1. The smallest absolute Gasteiger partial charge is 0.137 e. The van der Waals surface area contributed by atoms with E-state index in [1.165, 1.54) is 11.3 Å². The second kappa shape index (κ2) is 2.80. The molecule has 1 aromatic heterocycles. The van der Waals surface area contributed by atoms with E-state index in [1.54, 1.807) is 12.1 Å². The minimum absolute atomic E-state index is 0.569. The van der Waals surface area contributed by atoms with Crippen molar-refractivity contribution < 1.29 is 5.11 Å². The minimum Gasteiger partial charge on any atom is -0.374 e. The van der Waals surface area contributed by atoms with Crippen LogP contribution in [0.3, 0.4) is 0 Å². The summed E-state index contributed by atoms with van der Waals surface area (Å²) in [6.45, 7) is 0. The van der Waals surface area contributed by atoms with Gasteiger partial charge in [-0.2, -0.15) is 5.26 Å². The average molecular weight is 154 g/mol. The summed E-state index contributed by atoms with van der Waals surface area (Å²) in [5, 5.41) is 17.2. The van der Waals surface area contributed by atoms with Gasteiger partial charge in [-0.3, -0.25) is 0 Å². The fourth-order valence-corrected chi connectivity index (χ4v) is 1.26. The molecule has 0 spiro atoms. The molecule has 1 aromatic rings. The standard InChI is InChI=1S/C6H6N2OS/c7-3-4-1-2-5(10-4)6(8)9/h1-2,6,9H,8H2. The highest BCUT2D eigenvalue weighted by Gasteiger charge is 2.03. The molecule has 10 heavy (non-hydrogen) atoms. The minimum atomic E-state index is -0.952. The second-order valence-electron chi connectivity index (χ2n) is 1.76. The summed E-state index contributed by atoms with van der Waals surface area (Å²) in [7, 11) is 0. The molecular formula is C6H6N2OS. The van der Waals surface area contributed by atoms with Crippen molar-refractivity contribution >= 4 is 11.3 Å². The van der Waals surface area contributed by atoms with Gasteiger partial charge in [0.2, 0.25) is 0 Å². The van der Waals surface area contributed by atoms with Crippen molar-refractivity contribution in [3.8, 4) is 6.07 Å². The molecule has 1 atom stereocenters. The molecule has 4 heteroatoms. The van der Waals surface area contributed by atoms with Crippen molar-refractivity contribution in [2.24, 2.45) is 5.73 Å². The summed E-state index contributed by atoms with van der Waals surface area (Å²) in [6.07, 6.45) is -0.952. The Morgan fingerprint density at radius 3 is 2.70 bits per heavy atom. The summed E-state index contributed by atoms with van der Waals surface area (Å²) in [5.74, 6) is 0. The normalized spacial score (nSPS) is 12.5. The molecule has 0 aromatic carbocycles. The molecule has 0 aliphatic heterocycles. The van der Waals surface area contributed by atoms with Crippen LogP contribution in [-0.4, -0.2) is 5.11 Å². The number of rotatable bonds is 1. The topological polar surface area (TPSA) is 70.0 Å². The zero-order valence-corrected chi connectivity index (χ0v) is 5.93. The van der Waals surface area contributed by atoms with Gasteiger partial charge in [0, 0.05) is 4.88 Å². The molecule has 0 bridgehead atoms. The van der Waals surface area contributed by atoms with Crippen LogP contribution in [0.2, 0.25) is 0 Å². The van der Waals surface area contributed by atoms with E-state index in [2.05, 4.69) is 0 Å². The number of nitriles is 1. The van der Waals surface area contributed by atoms with Gasteiger partial charge < -0.3 is 10.8 Å². The van der Waals surface area contributed by atoms with E-state index in [9.17, 15) is 0 Å². The molecule has 0 aliphatic carbocycles. The molecule has 1 rings (SSSR count). The van der Waals surface area contributed by atoms with E-state index in [-0.39, 0.29) is 0 Å². The van der Waals surface area contributed by atoms with Crippen LogP contribution in [0.5, 0.6) is 0 Å². The summed E-state index contributed by atoms with van der Waals surface area (Å²) < 4.78 is 0. The van der Waals surface area contributed by atoms with Crippen molar-refractivity contribution in [2.75, 3.05) is 0 Å². The van der Waals surface area contributed by atoms with Crippen molar-refractivity contribution in [1.29, 1.82) is 5.26 Å². The third kappa shape index (κ3) is 1.33. The molecule has 0 saturated heterocycles. The van der Waals surface area contributed by atoms with Gasteiger partial charge >= 0.3 is 0 Å². The Balaban J connectivity index is 2.91. The highest BCUT2D eigenvalue weighted by atomic mass is 32.1. The molecule has 3 N–H and O–H groups in total. The predicted octanol–water partition coefficient (Wildman–Crippen LogP) is 0.569. The first-order valence-electron chi connectivity index (χ1n) is 2.67. The maximum Gasteiger partial charge on any atom is 0.137 e. The van der Waals surface area contributed by atoms with Crippen LogP contribution in [0.25, 0.3) is 0 Å². The zero-order valence-electron chi connectivity index (χ0n) is 5.11. The second-order valence-corrected chi connectivity index (χ2v) is 2.87. The number of aliphatic hydroxyl groups is 1. The van der Waals surface area contributed by atoms with Gasteiger partial charge in [0.05, 0.1) is 0 Å². The summed E-state index contributed by atoms with van der Waals surface area (Å²) >= 11 is 1.20. The van der Waals surface area contributed by atoms with E-state index in [0.29, 0.717) is 9.75 Å². The maximum atomic E-state index is 8.81. The third-order valence-electron chi connectivity index (χ3n) is 1.03. The van der Waals surface area contributed by atoms with Gasteiger partial charge in [-0.05, 0) is 12.1 Å². The largest absolute Gasteiger partial charge is 0.374 e. The highest BCUT2D eigenvalue weighted by Crippen LogP contribution is 2.18. The molecular weight excluding hydrogens is 148 g/mol. The van der Waals surface area contributed by atoms with Gasteiger partial charge in [0.1, 0.15) is 17.2 Å². The number of aliphatic hydroxyl groups excluding tert-OH is 1. The molecule has 52 valence electrons. The molecule has 3 nitrogen and oxygen atoms in total. The Hall–Kier alpha value is -0.890. The van der Waals surface area contributed by atoms with Crippen LogP contribution in [0, 0.1) is 11.3 Å². The van der Waals surface area contributed by atoms with Crippen molar-refractivity contribution in [3.05, 3.63) is 21.9 Å². The van der Waals surface area contributed by atoms with E-state index in [0.717, 1.165) is 0 Å². The van der Waals surface area contributed by atoms with E-state index in [1.807, 2.05) is 6.07 Å². The Morgan fingerprint density at radius 1 is 1.70 bits per heavy atom. The van der Waals surface area contributed by atoms with Gasteiger partial charge in [-0.25, -0.2) is 0 Å². The lowest BCUT2D eigenvalue weighted by Gasteiger charge is -1.95. The maximum absolute atomic E-state index is 8.81. The van der Waals surface area contributed by atoms with Crippen LogP contribution >= 0.6 is 11.3 Å². The van der Waals surface area contributed by atoms with Gasteiger partial charge in [0.25, 0.3) is 0 Å². The number of hydrogen-bond acceptors (Lipinski definition) is 4. The SMILES string of the molecule is N#Cc1ccc(C(N)O)s1. The van der Waals surface area contributed by atoms with Crippen molar-refractivity contribution in [1.82, 2.24) is 0 Å². The molecule has 0 fully saturated rings. The van der Waals surface area contributed by atoms with Crippen LogP contribution in [-0.2, 0) is 0 Å². The number of hydrogen-bond donors (Lipinski definition) is 2. The first-order valence-corrected chi connectivity index (χ1v) is 3.49. The molecule has 0 saturated carbocycles. The zero-order chi connectivity index (χ0) is 7.56. The van der Waals surface area contributed by atoms with Gasteiger partial charge in [-0.15, -0.1) is 11.3 Å². The summed E-state index contributed by atoms with van der Waals surface area (Å²) in [6, 6.07) is 5.24. The average Bonchev–Trinajstić information content (AvgIpc) is 2.34. The first-order chi connectivity index (χ1) is 4.74. The third-order valence-corrected chi connectivity index (χ3v) is 2.09. The van der Waals surface area contributed by atoms with Crippen LogP contribution in [0.4, 0.5) is 0 Å². The lowest BCUT2D eigenvalue weighted by atomic mass is 10.4. The van der Waals surface area contributed by atoms with Crippen LogP contribution < -0.4 is 5.73 Å². The number of nitrogens with zero attached hydrogens (tertiary/aromatic N) is 1. The molecule has 1 unspecified atom stereocenters. The fraction of sp³-hybridized carbons (Fsp3) is 0.167. The lowest BCUT2D eigenvalue weighted by Crippen LogP contribution is -2.05. The van der Waals surface area contributed by atoms with Crippen molar-refractivity contribution in [2.45, 2.75) is 6.23 Å². The molecule has 0 aliphatic rings. The van der Waals surface area contributed by atoms with E-state index < -0.39 is 6.23 Å². The Labute approximate surface area is 62.3 Å². The molecule has 0 amide bonds. The summed E-state index contributed by atoms with van der Waals surface area (Å²) in [4.78, 5) is 1.19. The van der Waals surface area contributed by atoms with E-state index in [4.69, 9.17) is 16.1 Å². The quantitative estimate of drug-likeness (QED) is 0.581. The van der Waals surface area contributed by atoms with Crippen molar-refractivity contribution in [3.63, 3.8) is 0 Å². The highest BCUT2D eigenvalue weighted by molar-refractivity contribution is 7.12. The number of nitrogens with two attached hydrogens (primary N) is 1. The molecule has 0 radical (unpaired) electrons.